The maximum absolute atomic E-state index is 12.5. The van der Waals surface area contributed by atoms with E-state index in [2.05, 4.69) is 0 Å². The molecule has 2 fully saturated rings. The Morgan fingerprint density at radius 3 is 2.83 bits per heavy atom. The SMILES string of the molecule is NC[C@H]1CC[C@@H](C(=O)N2CCN(Cc3cccc(Cl)c3)C(=O)C2)O1. The fourth-order valence-electron chi connectivity index (χ4n) is 3.18. The first kappa shape index (κ1) is 17.2. The van der Waals surface area contributed by atoms with E-state index in [4.69, 9.17) is 22.1 Å². The highest BCUT2D eigenvalue weighted by atomic mass is 35.5. The lowest BCUT2D eigenvalue weighted by Gasteiger charge is -2.35. The summed E-state index contributed by atoms with van der Waals surface area (Å²) in [5, 5.41) is 0.654. The van der Waals surface area contributed by atoms with Gasteiger partial charge in [-0.15, -0.1) is 0 Å². The van der Waals surface area contributed by atoms with Crippen LogP contribution in [-0.4, -0.2) is 60.0 Å². The second-order valence-corrected chi connectivity index (χ2v) is 6.70. The minimum absolute atomic E-state index is 0.0428. The molecular weight excluding hydrogens is 330 g/mol. The molecule has 0 spiro atoms. The number of rotatable bonds is 4. The van der Waals surface area contributed by atoms with Gasteiger partial charge in [-0.3, -0.25) is 9.59 Å². The quantitative estimate of drug-likeness (QED) is 0.878. The summed E-state index contributed by atoms with van der Waals surface area (Å²) in [7, 11) is 0. The zero-order chi connectivity index (χ0) is 17.1. The van der Waals surface area contributed by atoms with E-state index in [-0.39, 0.29) is 24.5 Å². The van der Waals surface area contributed by atoms with Gasteiger partial charge >= 0.3 is 0 Å². The van der Waals surface area contributed by atoms with Crippen molar-refractivity contribution in [2.75, 3.05) is 26.2 Å². The molecule has 2 heterocycles. The lowest BCUT2D eigenvalue weighted by molar-refractivity contribution is -0.152. The summed E-state index contributed by atoms with van der Waals surface area (Å²) in [6, 6.07) is 7.47. The zero-order valence-electron chi connectivity index (χ0n) is 13.5. The Morgan fingerprint density at radius 1 is 1.33 bits per heavy atom. The van der Waals surface area contributed by atoms with Gasteiger partial charge in [-0.1, -0.05) is 23.7 Å². The van der Waals surface area contributed by atoms with Gasteiger partial charge < -0.3 is 20.3 Å². The molecule has 2 atom stereocenters. The summed E-state index contributed by atoms with van der Waals surface area (Å²) >= 11 is 5.98. The molecule has 0 aromatic heterocycles. The van der Waals surface area contributed by atoms with E-state index in [1.807, 2.05) is 18.2 Å². The van der Waals surface area contributed by atoms with Crippen molar-refractivity contribution in [1.82, 2.24) is 9.80 Å². The lowest BCUT2D eigenvalue weighted by Crippen LogP contribution is -2.54. The fourth-order valence-corrected chi connectivity index (χ4v) is 3.40. The van der Waals surface area contributed by atoms with Crippen molar-refractivity contribution in [1.29, 1.82) is 0 Å². The van der Waals surface area contributed by atoms with E-state index >= 15 is 0 Å². The third-order valence-corrected chi connectivity index (χ3v) is 4.77. The number of hydrogen-bond acceptors (Lipinski definition) is 4. The topological polar surface area (TPSA) is 75.9 Å². The molecule has 7 heteroatoms. The van der Waals surface area contributed by atoms with E-state index < -0.39 is 6.10 Å². The van der Waals surface area contributed by atoms with Crippen molar-refractivity contribution >= 4 is 23.4 Å². The number of ether oxygens (including phenoxy) is 1. The van der Waals surface area contributed by atoms with Crippen LogP contribution in [-0.2, 0) is 20.9 Å². The molecule has 130 valence electrons. The molecule has 0 unspecified atom stereocenters. The van der Waals surface area contributed by atoms with Gasteiger partial charge in [-0.25, -0.2) is 0 Å². The Bertz CT molecular complexity index is 625. The summed E-state index contributed by atoms with van der Waals surface area (Å²) in [6.07, 6.45) is 0.984. The van der Waals surface area contributed by atoms with E-state index in [0.29, 0.717) is 37.6 Å². The Morgan fingerprint density at radius 2 is 2.17 bits per heavy atom. The molecule has 6 nitrogen and oxygen atoms in total. The third-order valence-electron chi connectivity index (χ3n) is 4.54. The van der Waals surface area contributed by atoms with Crippen LogP contribution in [0.2, 0.25) is 5.02 Å². The summed E-state index contributed by atoms with van der Waals surface area (Å²) < 4.78 is 5.64. The highest BCUT2D eigenvalue weighted by Crippen LogP contribution is 2.22. The number of nitrogens with zero attached hydrogens (tertiary/aromatic N) is 2. The number of piperazine rings is 1. The van der Waals surface area contributed by atoms with Crippen LogP contribution in [0.5, 0.6) is 0 Å². The molecule has 1 aromatic carbocycles. The average Bonchev–Trinajstić information content (AvgIpc) is 3.05. The standard InChI is InChI=1S/C17H22ClN3O3/c18-13-3-1-2-12(8-13)10-20-6-7-21(11-16(20)22)17(23)15-5-4-14(9-19)24-15/h1-3,8,14-15H,4-7,9-11,19H2/t14-,15+/m1/s1. The number of carbonyl (C=O) groups is 2. The maximum Gasteiger partial charge on any atom is 0.252 e. The summed E-state index contributed by atoms with van der Waals surface area (Å²) in [5.41, 5.74) is 6.57. The number of benzene rings is 1. The molecule has 1 aromatic rings. The molecule has 0 radical (unpaired) electrons. The Labute approximate surface area is 146 Å². The lowest BCUT2D eigenvalue weighted by atomic mass is 10.1. The number of carbonyl (C=O) groups excluding carboxylic acids is 2. The number of amides is 2. The summed E-state index contributed by atoms with van der Waals surface area (Å²) in [5.74, 6) is -0.148. The largest absolute Gasteiger partial charge is 0.364 e. The average molecular weight is 352 g/mol. The Hall–Kier alpha value is -1.63. The van der Waals surface area contributed by atoms with Crippen LogP contribution in [0, 0.1) is 0 Å². The molecule has 0 aliphatic carbocycles. The number of halogens is 1. The van der Waals surface area contributed by atoms with Gasteiger partial charge in [0.05, 0.1) is 12.6 Å². The first-order chi connectivity index (χ1) is 11.6. The molecule has 3 rings (SSSR count). The van der Waals surface area contributed by atoms with Crippen molar-refractivity contribution in [2.45, 2.75) is 31.6 Å². The van der Waals surface area contributed by atoms with Crippen LogP contribution in [0.4, 0.5) is 0 Å². The van der Waals surface area contributed by atoms with E-state index in [9.17, 15) is 9.59 Å². The van der Waals surface area contributed by atoms with Crippen LogP contribution in [0.25, 0.3) is 0 Å². The van der Waals surface area contributed by atoms with Gasteiger partial charge in [0.15, 0.2) is 0 Å². The van der Waals surface area contributed by atoms with Gasteiger partial charge in [0.2, 0.25) is 5.91 Å². The van der Waals surface area contributed by atoms with Gasteiger partial charge in [0.1, 0.15) is 6.10 Å². The molecule has 2 aliphatic heterocycles. The first-order valence-corrected chi connectivity index (χ1v) is 8.61. The summed E-state index contributed by atoms with van der Waals surface area (Å²) in [6.45, 7) is 2.09. The molecule has 0 saturated carbocycles. The van der Waals surface area contributed by atoms with Crippen molar-refractivity contribution in [3.8, 4) is 0 Å². The summed E-state index contributed by atoms with van der Waals surface area (Å²) in [4.78, 5) is 28.2. The molecule has 0 bridgehead atoms. The molecular formula is C17H22ClN3O3. The van der Waals surface area contributed by atoms with E-state index in [0.717, 1.165) is 12.0 Å². The van der Waals surface area contributed by atoms with E-state index in [1.165, 1.54) is 0 Å². The monoisotopic (exact) mass is 351 g/mol. The van der Waals surface area contributed by atoms with Crippen LogP contribution in [0.1, 0.15) is 18.4 Å². The molecule has 2 amide bonds. The van der Waals surface area contributed by atoms with Crippen LogP contribution in [0.15, 0.2) is 24.3 Å². The number of nitrogens with two attached hydrogens (primary N) is 1. The van der Waals surface area contributed by atoms with Gasteiger partial charge in [-0.2, -0.15) is 0 Å². The highest BCUT2D eigenvalue weighted by molar-refractivity contribution is 6.30. The van der Waals surface area contributed by atoms with E-state index in [1.54, 1.807) is 15.9 Å². The minimum atomic E-state index is -0.453. The van der Waals surface area contributed by atoms with Crippen LogP contribution < -0.4 is 5.73 Å². The van der Waals surface area contributed by atoms with Gasteiger partial charge in [-0.05, 0) is 30.5 Å². The second kappa shape index (κ2) is 7.51. The highest BCUT2D eigenvalue weighted by Gasteiger charge is 2.35. The molecule has 2 N–H and O–H groups in total. The van der Waals surface area contributed by atoms with Crippen molar-refractivity contribution in [3.05, 3.63) is 34.9 Å². The normalized spacial score (nSPS) is 24.5. The Balaban J connectivity index is 1.55. The minimum Gasteiger partial charge on any atom is -0.364 e. The van der Waals surface area contributed by atoms with Gasteiger partial charge in [0.25, 0.3) is 5.91 Å². The zero-order valence-corrected chi connectivity index (χ0v) is 14.2. The fraction of sp³-hybridized carbons (Fsp3) is 0.529. The molecule has 2 saturated heterocycles. The predicted molar refractivity (Wildman–Crippen MR) is 90.4 cm³/mol. The third kappa shape index (κ3) is 3.88. The van der Waals surface area contributed by atoms with Gasteiger partial charge in [0, 0.05) is 31.2 Å². The second-order valence-electron chi connectivity index (χ2n) is 6.26. The van der Waals surface area contributed by atoms with Crippen LogP contribution in [0.3, 0.4) is 0 Å². The smallest absolute Gasteiger partial charge is 0.252 e. The number of hydrogen-bond donors (Lipinski definition) is 1. The maximum atomic E-state index is 12.5. The Kier molecular flexibility index (Phi) is 5.38. The van der Waals surface area contributed by atoms with Crippen molar-refractivity contribution in [3.63, 3.8) is 0 Å². The molecule has 2 aliphatic rings. The predicted octanol–water partition coefficient (Wildman–Crippen LogP) is 1.02. The first-order valence-electron chi connectivity index (χ1n) is 8.23. The van der Waals surface area contributed by atoms with Crippen LogP contribution >= 0.6 is 11.6 Å². The molecule has 24 heavy (non-hydrogen) atoms. The van der Waals surface area contributed by atoms with Crippen molar-refractivity contribution < 1.29 is 14.3 Å². The van der Waals surface area contributed by atoms with Crippen molar-refractivity contribution in [2.24, 2.45) is 5.73 Å².